The molecular weight excluding hydrogens is 274 g/mol. The van der Waals surface area contributed by atoms with Gasteiger partial charge in [0.25, 0.3) is 5.91 Å². The molecule has 3 rings (SSSR count). The molecule has 0 bridgehead atoms. The minimum absolute atomic E-state index is 0.0999. The number of carbonyl (C=O) groups excluding carboxylic acids is 1. The molecule has 2 heterocycles. The molecule has 112 valence electrons. The van der Waals surface area contributed by atoms with Crippen LogP contribution < -0.4 is 5.32 Å². The Morgan fingerprint density at radius 3 is 2.73 bits per heavy atom. The smallest absolute Gasteiger partial charge is 0.270 e. The van der Waals surface area contributed by atoms with Crippen LogP contribution in [0, 0.1) is 13.8 Å². The molecule has 0 aliphatic carbocycles. The molecule has 0 saturated heterocycles. The summed E-state index contributed by atoms with van der Waals surface area (Å²) in [5, 5.41) is 2.88. The zero-order valence-corrected chi connectivity index (χ0v) is 13.1. The predicted octanol–water partition coefficient (Wildman–Crippen LogP) is 3.37. The number of hydrogen-bond acceptors (Lipinski definition) is 2. The van der Waals surface area contributed by atoms with E-state index >= 15 is 0 Å². The second kappa shape index (κ2) is 5.64. The van der Waals surface area contributed by atoms with E-state index in [-0.39, 0.29) is 5.91 Å². The van der Waals surface area contributed by atoms with Crippen molar-refractivity contribution in [3.63, 3.8) is 0 Å². The van der Waals surface area contributed by atoms with Crippen LogP contribution in [0.25, 0.3) is 16.9 Å². The number of imidazole rings is 1. The summed E-state index contributed by atoms with van der Waals surface area (Å²) in [6.45, 7) is 6.55. The fourth-order valence-electron chi connectivity index (χ4n) is 2.61. The summed E-state index contributed by atoms with van der Waals surface area (Å²) >= 11 is 0. The third-order valence-corrected chi connectivity index (χ3v) is 3.61. The monoisotopic (exact) mass is 293 g/mol. The molecule has 0 atom stereocenters. The number of aromatic nitrogens is 2. The maximum Gasteiger partial charge on any atom is 0.270 e. The number of amides is 1. The first-order valence-electron chi connectivity index (χ1n) is 7.44. The summed E-state index contributed by atoms with van der Waals surface area (Å²) in [5.74, 6) is -0.0999. The van der Waals surface area contributed by atoms with Crippen LogP contribution in [0.4, 0.5) is 0 Å². The molecular formula is C18H19N3O. The van der Waals surface area contributed by atoms with Crippen LogP contribution in [-0.2, 0) is 0 Å². The average Bonchev–Trinajstić information content (AvgIpc) is 2.86. The molecule has 0 saturated carbocycles. The quantitative estimate of drug-likeness (QED) is 0.805. The van der Waals surface area contributed by atoms with Crippen molar-refractivity contribution in [3.05, 3.63) is 59.4 Å². The molecule has 2 aromatic heterocycles. The summed E-state index contributed by atoms with van der Waals surface area (Å²) in [6, 6.07) is 12.0. The minimum atomic E-state index is -0.0999. The summed E-state index contributed by atoms with van der Waals surface area (Å²) < 4.78 is 1.87. The number of aryl methyl sites for hydroxylation is 2. The third-order valence-electron chi connectivity index (χ3n) is 3.61. The van der Waals surface area contributed by atoms with E-state index in [1.165, 1.54) is 0 Å². The van der Waals surface area contributed by atoms with Gasteiger partial charge in [-0.15, -0.1) is 0 Å². The van der Waals surface area contributed by atoms with Gasteiger partial charge in [0.05, 0.1) is 0 Å². The van der Waals surface area contributed by atoms with Crippen LogP contribution >= 0.6 is 0 Å². The maximum absolute atomic E-state index is 12.5. The van der Waals surface area contributed by atoms with Crippen molar-refractivity contribution in [2.24, 2.45) is 0 Å². The average molecular weight is 293 g/mol. The lowest BCUT2D eigenvalue weighted by Crippen LogP contribution is -2.24. The van der Waals surface area contributed by atoms with E-state index in [0.717, 1.165) is 28.0 Å². The standard InChI is InChI=1S/C18H19N3O/c1-4-19-18(22)17-16(14-7-5-6-12(2)10-14)20-15-9-8-13(3)11-21(15)17/h5-11H,4H2,1-3H3,(H,19,22). The lowest BCUT2D eigenvalue weighted by Gasteiger charge is -2.06. The largest absolute Gasteiger partial charge is 0.351 e. The van der Waals surface area contributed by atoms with Gasteiger partial charge in [-0.05, 0) is 38.5 Å². The molecule has 4 nitrogen and oxygen atoms in total. The molecule has 4 heteroatoms. The number of rotatable bonds is 3. The van der Waals surface area contributed by atoms with Gasteiger partial charge < -0.3 is 5.32 Å². The van der Waals surface area contributed by atoms with Gasteiger partial charge >= 0.3 is 0 Å². The first-order valence-corrected chi connectivity index (χ1v) is 7.44. The molecule has 22 heavy (non-hydrogen) atoms. The Bertz CT molecular complexity index is 849. The maximum atomic E-state index is 12.5. The summed E-state index contributed by atoms with van der Waals surface area (Å²) in [5.41, 5.74) is 5.29. The normalized spacial score (nSPS) is 10.9. The van der Waals surface area contributed by atoms with E-state index in [2.05, 4.69) is 16.4 Å². The first kappa shape index (κ1) is 14.3. The van der Waals surface area contributed by atoms with Crippen molar-refractivity contribution in [1.82, 2.24) is 14.7 Å². The molecule has 1 aromatic carbocycles. The fraction of sp³-hybridized carbons (Fsp3) is 0.222. The number of nitrogens with one attached hydrogen (secondary N) is 1. The molecule has 0 fully saturated rings. The summed E-state index contributed by atoms with van der Waals surface area (Å²) in [7, 11) is 0. The van der Waals surface area contributed by atoms with Crippen molar-refractivity contribution in [2.45, 2.75) is 20.8 Å². The van der Waals surface area contributed by atoms with Crippen molar-refractivity contribution < 1.29 is 4.79 Å². The van der Waals surface area contributed by atoms with E-state index in [1.807, 2.05) is 61.7 Å². The number of carbonyl (C=O) groups is 1. The van der Waals surface area contributed by atoms with Crippen LogP contribution in [0.3, 0.4) is 0 Å². The van der Waals surface area contributed by atoms with Crippen LogP contribution in [0.1, 0.15) is 28.5 Å². The Morgan fingerprint density at radius 1 is 1.18 bits per heavy atom. The molecule has 3 aromatic rings. The lowest BCUT2D eigenvalue weighted by molar-refractivity contribution is 0.0950. The van der Waals surface area contributed by atoms with Crippen molar-refractivity contribution >= 4 is 11.6 Å². The fourth-order valence-corrected chi connectivity index (χ4v) is 2.61. The Hall–Kier alpha value is -2.62. The highest BCUT2D eigenvalue weighted by Crippen LogP contribution is 2.25. The van der Waals surface area contributed by atoms with Crippen molar-refractivity contribution in [1.29, 1.82) is 0 Å². The minimum Gasteiger partial charge on any atom is -0.351 e. The van der Waals surface area contributed by atoms with E-state index in [0.29, 0.717) is 12.2 Å². The van der Waals surface area contributed by atoms with Gasteiger partial charge in [-0.2, -0.15) is 0 Å². The first-order chi connectivity index (χ1) is 10.6. The molecule has 0 spiro atoms. The highest BCUT2D eigenvalue weighted by atomic mass is 16.1. The SMILES string of the molecule is CCNC(=O)c1c(-c2cccc(C)c2)nc2ccc(C)cn12. The van der Waals surface area contributed by atoms with Crippen LogP contribution in [0.5, 0.6) is 0 Å². The second-order valence-electron chi connectivity index (χ2n) is 5.47. The Labute approximate surface area is 129 Å². The molecule has 1 N–H and O–H groups in total. The van der Waals surface area contributed by atoms with Gasteiger partial charge in [0.2, 0.25) is 0 Å². The number of pyridine rings is 1. The molecule has 0 radical (unpaired) electrons. The predicted molar refractivity (Wildman–Crippen MR) is 88.1 cm³/mol. The number of hydrogen-bond donors (Lipinski definition) is 1. The van der Waals surface area contributed by atoms with E-state index < -0.39 is 0 Å². The van der Waals surface area contributed by atoms with Gasteiger partial charge in [-0.1, -0.05) is 29.8 Å². The zero-order valence-electron chi connectivity index (χ0n) is 13.1. The topological polar surface area (TPSA) is 46.4 Å². The van der Waals surface area contributed by atoms with E-state index in [1.54, 1.807) is 0 Å². The number of fused-ring (bicyclic) bond motifs is 1. The van der Waals surface area contributed by atoms with Gasteiger partial charge in [0.1, 0.15) is 17.0 Å². The summed E-state index contributed by atoms with van der Waals surface area (Å²) in [6.07, 6.45) is 1.95. The van der Waals surface area contributed by atoms with E-state index in [9.17, 15) is 4.79 Å². The Balaban J connectivity index is 2.29. The molecule has 0 aliphatic rings. The molecule has 0 aliphatic heterocycles. The second-order valence-corrected chi connectivity index (χ2v) is 5.47. The Kier molecular flexibility index (Phi) is 3.67. The summed E-state index contributed by atoms with van der Waals surface area (Å²) in [4.78, 5) is 17.2. The van der Waals surface area contributed by atoms with Gasteiger partial charge in [-0.25, -0.2) is 4.98 Å². The van der Waals surface area contributed by atoms with Crippen molar-refractivity contribution in [2.75, 3.05) is 6.54 Å². The Morgan fingerprint density at radius 2 is 2.00 bits per heavy atom. The van der Waals surface area contributed by atoms with Gasteiger partial charge in [-0.3, -0.25) is 9.20 Å². The number of nitrogens with zero attached hydrogens (tertiary/aromatic N) is 2. The highest BCUT2D eigenvalue weighted by Gasteiger charge is 2.20. The van der Waals surface area contributed by atoms with Crippen LogP contribution in [-0.4, -0.2) is 21.8 Å². The van der Waals surface area contributed by atoms with Crippen molar-refractivity contribution in [3.8, 4) is 11.3 Å². The highest BCUT2D eigenvalue weighted by molar-refractivity contribution is 5.99. The van der Waals surface area contributed by atoms with Gasteiger partial charge in [0.15, 0.2) is 0 Å². The molecule has 1 amide bonds. The van der Waals surface area contributed by atoms with Gasteiger partial charge in [0, 0.05) is 18.3 Å². The zero-order chi connectivity index (χ0) is 15.7. The van der Waals surface area contributed by atoms with Crippen LogP contribution in [0.2, 0.25) is 0 Å². The lowest BCUT2D eigenvalue weighted by atomic mass is 10.1. The van der Waals surface area contributed by atoms with Crippen LogP contribution in [0.15, 0.2) is 42.6 Å². The van der Waals surface area contributed by atoms with E-state index in [4.69, 9.17) is 0 Å². The molecule has 0 unspecified atom stereocenters. The number of benzene rings is 1. The third kappa shape index (κ3) is 2.48.